The zero-order valence-corrected chi connectivity index (χ0v) is 13.0. The fraction of sp³-hybridized carbons (Fsp3) is 0.294. The van der Waals surface area contributed by atoms with Crippen LogP contribution < -0.4 is 0 Å². The van der Waals surface area contributed by atoms with Gasteiger partial charge < -0.3 is 5.11 Å². The largest absolute Gasteiger partial charge is 0.396 e. The van der Waals surface area contributed by atoms with Crippen molar-refractivity contribution in [2.45, 2.75) is 19.8 Å². The van der Waals surface area contributed by atoms with Crippen LogP contribution in [0.4, 0.5) is 0 Å². The van der Waals surface area contributed by atoms with Gasteiger partial charge >= 0.3 is 0 Å². The summed E-state index contributed by atoms with van der Waals surface area (Å²) in [5, 5.41) is 11.1. The third-order valence-corrected chi connectivity index (χ3v) is 4.16. The van der Waals surface area contributed by atoms with Crippen LogP contribution in [-0.4, -0.2) is 11.7 Å². The maximum atomic E-state index is 9.60. The molecule has 0 amide bonds. The monoisotopic (exact) mass is 308 g/mol. The van der Waals surface area contributed by atoms with Gasteiger partial charge in [0.15, 0.2) is 0 Å². The van der Waals surface area contributed by atoms with Gasteiger partial charge in [-0.05, 0) is 54.5 Å². The van der Waals surface area contributed by atoms with Crippen LogP contribution in [0.1, 0.15) is 16.7 Å². The Bertz CT molecular complexity index is 581. The molecular formula is C17H18Cl2O. The number of aliphatic hydroxyl groups excluding tert-OH is 1. The second kappa shape index (κ2) is 7.12. The number of aliphatic hydroxyl groups is 1. The Labute approximate surface area is 130 Å². The van der Waals surface area contributed by atoms with Crippen molar-refractivity contribution in [2.75, 3.05) is 6.61 Å². The molecule has 2 aromatic rings. The van der Waals surface area contributed by atoms with Gasteiger partial charge in [0, 0.05) is 16.7 Å². The summed E-state index contributed by atoms with van der Waals surface area (Å²) in [6, 6.07) is 13.8. The van der Waals surface area contributed by atoms with E-state index >= 15 is 0 Å². The SMILES string of the molecule is Cc1ccc(CC(CO)Cc2ccccc2Cl)c(Cl)c1. The lowest BCUT2D eigenvalue weighted by atomic mass is 9.93. The lowest BCUT2D eigenvalue weighted by Crippen LogP contribution is -2.13. The van der Waals surface area contributed by atoms with Gasteiger partial charge in [0.05, 0.1) is 0 Å². The third-order valence-electron chi connectivity index (χ3n) is 3.44. The minimum absolute atomic E-state index is 0.120. The molecular weight excluding hydrogens is 291 g/mol. The fourth-order valence-corrected chi connectivity index (χ4v) is 2.83. The van der Waals surface area contributed by atoms with Crippen LogP contribution in [0, 0.1) is 12.8 Å². The van der Waals surface area contributed by atoms with Gasteiger partial charge in [0.1, 0.15) is 0 Å². The Kier molecular flexibility index (Phi) is 5.47. The molecule has 0 aliphatic carbocycles. The van der Waals surface area contributed by atoms with Crippen molar-refractivity contribution < 1.29 is 5.11 Å². The second-order valence-electron chi connectivity index (χ2n) is 5.14. The van der Waals surface area contributed by atoms with E-state index in [1.165, 1.54) is 0 Å². The molecule has 0 aromatic heterocycles. The van der Waals surface area contributed by atoms with Crippen molar-refractivity contribution in [3.8, 4) is 0 Å². The summed E-state index contributed by atoms with van der Waals surface area (Å²) < 4.78 is 0. The number of halogens is 2. The topological polar surface area (TPSA) is 20.2 Å². The smallest absolute Gasteiger partial charge is 0.0465 e. The first-order valence-corrected chi connectivity index (χ1v) is 7.45. The molecule has 2 rings (SSSR count). The van der Waals surface area contributed by atoms with E-state index in [0.29, 0.717) is 0 Å². The number of hydrogen-bond acceptors (Lipinski definition) is 1. The molecule has 1 N–H and O–H groups in total. The lowest BCUT2D eigenvalue weighted by Gasteiger charge is -2.16. The number of aryl methyl sites for hydroxylation is 1. The first kappa shape index (κ1) is 15.4. The minimum atomic E-state index is 0.120. The quantitative estimate of drug-likeness (QED) is 0.849. The van der Waals surface area contributed by atoms with E-state index in [4.69, 9.17) is 23.2 Å². The number of benzene rings is 2. The molecule has 0 aliphatic heterocycles. The maximum Gasteiger partial charge on any atom is 0.0465 e. The van der Waals surface area contributed by atoms with Crippen molar-refractivity contribution in [1.82, 2.24) is 0 Å². The highest BCUT2D eigenvalue weighted by Gasteiger charge is 2.13. The first-order valence-electron chi connectivity index (χ1n) is 6.69. The Hall–Kier alpha value is -1.02. The molecule has 0 radical (unpaired) electrons. The standard InChI is InChI=1S/C17H18Cl2O/c1-12-6-7-15(17(19)8-12)10-13(11-20)9-14-4-2-3-5-16(14)18/h2-8,13,20H,9-11H2,1H3. The van der Waals surface area contributed by atoms with Gasteiger partial charge in [-0.1, -0.05) is 53.5 Å². The summed E-state index contributed by atoms with van der Waals surface area (Å²) in [5.74, 6) is 0.120. The van der Waals surface area contributed by atoms with Gasteiger partial charge in [-0.25, -0.2) is 0 Å². The molecule has 1 nitrogen and oxygen atoms in total. The van der Waals surface area contributed by atoms with Crippen molar-refractivity contribution in [1.29, 1.82) is 0 Å². The average molecular weight is 309 g/mol. The molecule has 2 aromatic carbocycles. The zero-order valence-electron chi connectivity index (χ0n) is 11.4. The van der Waals surface area contributed by atoms with Crippen molar-refractivity contribution in [3.63, 3.8) is 0 Å². The van der Waals surface area contributed by atoms with E-state index in [1.807, 2.05) is 49.4 Å². The molecule has 3 heteroatoms. The summed E-state index contributed by atoms with van der Waals surface area (Å²) in [6.07, 6.45) is 1.50. The van der Waals surface area contributed by atoms with Crippen LogP contribution in [0.15, 0.2) is 42.5 Å². The van der Waals surface area contributed by atoms with Gasteiger partial charge in [-0.2, -0.15) is 0 Å². The molecule has 0 spiro atoms. The van der Waals surface area contributed by atoms with Crippen molar-refractivity contribution in [3.05, 3.63) is 69.2 Å². The highest BCUT2D eigenvalue weighted by atomic mass is 35.5. The highest BCUT2D eigenvalue weighted by molar-refractivity contribution is 6.31. The zero-order chi connectivity index (χ0) is 14.5. The molecule has 0 fully saturated rings. The summed E-state index contributed by atoms with van der Waals surface area (Å²) in [7, 11) is 0. The minimum Gasteiger partial charge on any atom is -0.396 e. The Morgan fingerprint density at radius 1 is 0.950 bits per heavy atom. The number of hydrogen-bond donors (Lipinski definition) is 1. The van der Waals surface area contributed by atoms with Gasteiger partial charge in [0.2, 0.25) is 0 Å². The molecule has 20 heavy (non-hydrogen) atoms. The van der Waals surface area contributed by atoms with Crippen LogP contribution in [-0.2, 0) is 12.8 Å². The van der Waals surface area contributed by atoms with E-state index in [2.05, 4.69) is 0 Å². The molecule has 0 saturated heterocycles. The predicted molar refractivity (Wildman–Crippen MR) is 85.6 cm³/mol. The van der Waals surface area contributed by atoms with Crippen LogP contribution >= 0.6 is 23.2 Å². The van der Waals surface area contributed by atoms with Gasteiger partial charge in [-0.3, -0.25) is 0 Å². The summed E-state index contributed by atoms with van der Waals surface area (Å²) in [4.78, 5) is 0. The van der Waals surface area contributed by atoms with Crippen LogP contribution in [0.3, 0.4) is 0 Å². The normalized spacial score (nSPS) is 12.4. The predicted octanol–water partition coefficient (Wildman–Crippen LogP) is 4.70. The van der Waals surface area contributed by atoms with Crippen molar-refractivity contribution in [2.24, 2.45) is 5.92 Å². The van der Waals surface area contributed by atoms with Crippen LogP contribution in [0.2, 0.25) is 10.0 Å². The second-order valence-corrected chi connectivity index (χ2v) is 5.96. The first-order chi connectivity index (χ1) is 9.60. The Morgan fingerprint density at radius 3 is 2.20 bits per heavy atom. The van der Waals surface area contributed by atoms with E-state index in [0.717, 1.165) is 39.6 Å². The molecule has 0 heterocycles. The molecule has 1 atom stereocenters. The van der Waals surface area contributed by atoms with Crippen molar-refractivity contribution >= 4 is 23.2 Å². The fourth-order valence-electron chi connectivity index (χ4n) is 2.31. The Morgan fingerprint density at radius 2 is 1.60 bits per heavy atom. The molecule has 0 bridgehead atoms. The van der Waals surface area contributed by atoms with Gasteiger partial charge in [-0.15, -0.1) is 0 Å². The van der Waals surface area contributed by atoms with E-state index in [-0.39, 0.29) is 12.5 Å². The third kappa shape index (κ3) is 3.99. The van der Waals surface area contributed by atoms with Gasteiger partial charge in [0.25, 0.3) is 0 Å². The molecule has 106 valence electrons. The maximum absolute atomic E-state index is 9.60. The van der Waals surface area contributed by atoms with E-state index in [9.17, 15) is 5.11 Å². The Balaban J connectivity index is 2.11. The van der Waals surface area contributed by atoms with Crippen LogP contribution in [0.25, 0.3) is 0 Å². The summed E-state index contributed by atoms with van der Waals surface area (Å²) >= 11 is 12.4. The summed E-state index contributed by atoms with van der Waals surface area (Å²) in [5.41, 5.74) is 3.28. The highest BCUT2D eigenvalue weighted by Crippen LogP contribution is 2.24. The lowest BCUT2D eigenvalue weighted by molar-refractivity contribution is 0.225. The average Bonchev–Trinajstić information content (AvgIpc) is 2.43. The molecule has 0 aliphatic rings. The summed E-state index contributed by atoms with van der Waals surface area (Å²) in [6.45, 7) is 2.14. The molecule has 1 unspecified atom stereocenters. The number of rotatable bonds is 5. The molecule has 0 saturated carbocycles. The van der Waals surface area contributed by atoms with Crippen LogP contribution in [0.5, 0.6) is 0 Å². The van der Waals surface area contributed by atoms with E-state index < -0.39 is 0 Å². The van der Waals surface area contributed by atoms with E-state index in [1.54, 1.807) is 0 Å².